The second-order valence-corrected chi connectivity index (χ2v) is 11.9. The van der Waals surface area contributed by atoms with E-state index in [-0.39, 0.29) is 94.4 Å². The van der Waals surface area contributed by atoms with Gasteiger partial charge in [0.25, 0.3) is 0 Å². The number of aliphatic carboxylic acids is 3. The number of hydrogen-bond acceptors (Lipinski definition) is 8. The summed E-state index contributed by atoms with van der Waals surface area (Å²) in [5.41, 5.74) is 1.21. The molecule has 0 spiro atoms. The number of amides is 2. The maximum atomic E-state index is 12.1. The Balaban J connectivity index is -0.00000228. The first-order chi connectivity index (χ1) is 17.8. The molecule has 41 heavy (non-hydrogen) atoms. The molecular formula is C28H47N2Na3O7S. The van der Waals surface area contributed by atoms with Crippen molar-refractivity contribution in [1.82, 2.24) is 10.2 Å². The van der Waals surface area contributed by atoms with Gasteiger partial charge in [-0.15, -0.1) is 0 Å². The second kappa shape index (κ2) is 29.5. The van der Waals surface area contributed by atoms with E-state index in [0.29, 0.717) is 16.6 Å². The molecule has 0 aromatic carbocycles. The molecule has 0 saturated heterocycles. The van der Waals surface area contributed by atoms with Crippen molar-refractivity contribution in [3.63, 3.8) is 0 Å². The van der Waals surface area contributed by atoms with Crippen LogP contribution < -0.4 is 109 Å². The molecule has 0 heterocycles. The van der Waals surface area contributed by atoms with Crippen molar-refractivity contribution in [3.05, 3.63) is 11.6 Å². The molecule has 0 fully saturated rings. The number of nitrogens with one attached hydrogen (secondary N) is 1. The van der Waals surface area contributed by atoms with Crippen molar-refractivity contribution in [3.8, 4) is 0 Å². The van der Waals surface area contributed by atoms with Gasteiger partial charge in [-0.1, -0.05) is 84.3 Å². The van der Waals surface area contributed by atoms with Gasteiger partial charge in [0.2, 0.25) is 0 Å². The van der Waals surface area contributed by atoms with Crippen molar-refractivity contribution in [1.29, 1.82) is 0 Å². The zero-order valence-corrected chi connectivity index (χ0v) is 33.6. The first-order valence-electron chi connectivity index (χ1n) is 13.7. The molecule has 0 radical (unpaired) electrons. The van der Waals surface area contributed by atoms with Crippen LogP contribution in [-0.2, 0) is 14.4 Å². The first-order valence-corrected chi connectivity index (χ1v) is 14.9. The Hall–Kier alpha value is 0.770. The fraction of sp³-hybridized carbons (Fsp3) is 0.786. The number of carboxylic acids is 3. The Labute approximate surface area is 318 Å². The predicted octanol–water partition coefficient (Wildman–Crippen LogP) is -7.25. The summed E-state index contributed by atoms with van der Waals surface area (Å²) in [4.78, 5) is 45.4. The predicted molar refractivity (Wildman–Crippen MR) is 145 cm³/mol. The molecule has 220 valence electrons. The number of carbonyl (C=O) groups excluding carboxylic acids is 4. The number of nitrogens with zero attached hydrogens (tertiary/aromatic N) is 1. The van der Waals surface area contributed by atoms with Crippen molar-refractivity contribution in [2.24, 2.45) is 17.8 Å². The van der Waals surface area contributed by atoms with Crippen LogP contribution in [0, 0.1) is 17.8 Å². The first kappa shape index (κ1) is 48.7. The molecule has 0 bridgehead atoms. The van der Waals surface area contributed by atoms with Gasteiger partial charge in [-0.25, -0.2) is 4.79 Å². The van der Waals surface area contributed by atoms with Crippen molar-refractivity contribution >= 4 is 35.7 Å². The number of urea groups is 1. The maximum Gasteiger partial charge on any atom is 1.00 e. The Morgan fingerprint density at radius 1 is 0.780 bits per heavy atom. The standard InChI is InChI=1S/C28H50N2O7S.3Na/c1-20(2)9-6-10-21(3)11-7-12-22(4)13-8-14-23(5)15-16-38-19-24(27(35)36)29-28(37)30(17-25(31)32)18-26(33)34;;;/h15,20-22,24H,6-14,16-19H2,1-5H3,(H,29,37)(H,31,32)(H,33,34)(H,35,36);;;/q;3*+1/p-3/b23-15+;;;/t21?,22?,24-;;;/m0.../s1. The monoisotopic (exact) mass is 624 g/mol. The van der Waals surface area contributed by atoms with E-state index >= 15 is 0 Å². The summed E-state index contributed by atoms with van der Waals surface area (Å²) in [6, 6.07) is -2.57. The van der Waals surface area contributed by atoms with Gasteiger partial charge in [0.15, 0.2) is 0 Å². The van der Waals surface area contributed by atoms with E-state index in [1.807, 2.05) is 13.0 Å². The van der Waals surface area contributed by atoms with E-state index in [0.717, 1.165) is 24.7 Å². The van der Waals surface area contributed by atoms with E-state index in [4.69, 9.17) is 0 Å². The summed E-state index contributed by atoms with van der Waals surface area (Å²) in [6.45, 7) is 9.26. The fourth-order valence-electron chi connectivity index (χ4n) is 4.12. The average molecular weight is 625 g/mol. The minimum Gasteiger partial charge on any atom is -0.548 e. The normalized spacial score (nSPS) is 13.1. The van der Waals surface area contributed by atoms with Crippen molar-refractivity contribution in [2.45, 2.75) is 98.4 Å². The minimum atomic E-state index is -1.68. The third kappa shape index (κ3) is 29.3. The van der Waals surface area contributed by atoms with Gasteiger partial charge in [-0.05, 0) is 37.5 Å². The average Bonchev–Trinajstić information content (AvgIpc) is 2.79. The van der Waals surface area contributed by atoms with Crippen LogP contribution >= 0.6 is 11.8 Å². The largest absolute Gasteiger partial charge is 1.00 e. The molecule has 3 atom stereocenters. The fourth-order valence-corrected chi connectivity index (χ4v) is 5.11. The van der Waals surface area contributed by atoms with Crippen LogP contribution in [0.4, 0.5) is 4.79 Å². The molecule has 0 aliphatic carbocycles. The molecule has 2 unspecified atom stereocenters. The summed E-state index contributed by atoms with van der Waals surface area (Å²) in [7, 11) is 0. The number of rotatable bonds is 22. The molecule has 0 aliphatic rings. The Kier molecular flexibility index (Phi) is 35.0. The number of allylic oxidation sites excluding steroid dienone is 1. The van der Waals surface area contributed by atoms with E-state index in [1.165, 1.54) is 62.3 Å². The third-order valence-corrected chi connectivity index (χ3v) is 7.46. The molecule has 0 aromatic rings. The maximum absolute atomic E-state index is 12.1. The number of hydrogen-bond donors (Lipinski definition) is 1. The van der Waals surface area contributed by atoms with Crippen LogP contribution in [-0.4, -0.2) is 59.5 Å². The summed E-state index contributed by atoms with van der Waals surface area (Å²) in [5, 5.41) is 35.0. The topological polar surface area (TPSA) is 153 Å². The molecule has 0 rings (SSSR count). The van der Waals surface area contributed by atoms with Crippen LogP contribution in [0.2, 0.25) is 0 Å². The van der Waals surface area contributed by atoms with Gasteiger partial charge in [0.05, 0.1) is 37.0 Å². The number of carbonyl (C=O) groups is 4. The van der Waals surface area contributed by atoms with Gasteiger partial charge >= 0.3 is 94.7 Å². The Morgan fingerprint density at radius 3 is 1.68 bits per heavy atom. The van der Waals surface area contributed by atoms with E-state index in [9.17, 15) is 34.5 Å². The summed E-state index contributed by atoms with van der Waals surface area (Å²) < 4.78 is 0. The Morgan fingerprint density at radius 2 is 1.24 bits per heavy atom. The Bertz CT molecular complexity index is 757. The van der Waals surface area contributed by atoms with Gasteiger partial charge in [0, 0.05) is 11.5 Å². The van der Waals surface area contributed by atoms with Crippen molar-refractivity contribution in [2.75, 3.05) is 24.6 Å². The zero-order valence-electron chi connectivity index (χ0n) is 26.8. The van der Waals surface area contributed by atoms with Gasteiger partial charge in [-0.3, -0.25) is 0 Å². The molecule has 0 aliphatic heterocycles. The summed E-state index contributed by atoms with van der Waals surface area (Å²) in [6.07, 6.45) is 13.1. The number of carboxylic acid groups (broad SMARTS) is 3. The van der Waals surface area contributed by atoms with Crippen LogP contribution in [0.15, 0.2) is 11.6 Å². The third-order valence-electron chi connectivity index (χ3n) is 6.48. The van der Waals surface area contributed by atoms with Crippen molar-refractivity contribution < 1.29 is 123 Å². The van der Waals surface area contributed by atoms with E-state index < -0.39 is 43.1 Å². The molecule has 0 saturated carbocycles. The van der Waals surface area contributed by atoms with Crippen LogP contribution in [0.5, 0.6) is 0 Å². The molecular weight excluding hydrogens is 577 g/mol. The molecule has 0 aromatic heterocycles. The van der Waals surface area contributed by atoms with Crippen LogP contribution in [0.1, 0.15) is 92.4 Å². The summed E-state index contributed by atoms with van der Waals surface area (Å²) in [5.74, 6) is -2.11. The molecule has 13 heteroatoms. The smallest absolute Gasteiger partial charge is 0.548 e. The molecule has 2 amide bonds. The van der Waals surface area contributed by atoms with Gasteiger partial charge in [-0.2, -0.15) is 11.8 Å². The van der Waals surface area contributed by atoms with Gasteiger partial charge in [0.1, 0.15) is 0 Å². The van der Waals surface area contributed by atoms with Crippen LogP contribution in [0.3, 0.4) is 0 Å². The molecule has 9 nitrogen and oxygen atoms in total. The summed E-state index contributed by atoms with van der Waals surface area (Å²) >= 11 is 1.27. The SMILES string of the molecule is C/C(=C\CSC[C@H](NC(=O)N(CC(=O)[O-])CC(=O)[O-])C(=O)[O-])CCCC(C)CCCC(C)CCCC(C)C.[Na+].[Na+].[Na+]. The zero-order chi connectivity index (χ0) is 29.1. The van der Waals surface area contributed by atoms with E-state index in [2.05, 4.69) is 33.0 Å². The minimum absolute atomic E-state index is 0. The molecule has 1 N–H and O–H groups in total. The van der Waals surface area contributed by atoms with E-state index in [1.54, 1.807) is 0 Å². The van der Waals surface area contributed by atoms with Crippen LogP contribution in [0.25, 0.3) is 0 Å². The quantitative estimate of drug-likeness (QED) is 0.0709. The van der Waals surface area contributed by atoms with Gasteiger partial charge < -0.3 is 39.9 Å². The number of thioether (sulfide) groups is 1. The second-order valence-electron chi connectivity index (χ2n) is 10.9.